The van der Waals surface area contributed by atoms with E-state index in [1.165, 1.54) is 12.8 Å². The van der Waals surface area contributed by atoms with Crippen molar-refractivity contribution in [2.75, 3.05) is 0 Å². The quantitative estimate of drug-likeness (QED) is 0.792. The molecule has 0 unspecified atom stereocenters. The molecule has 15 heavy (non-hydrogen) atoms. The van der Waals surface area contributed by atoms with E-state index in [-0.39, 0.29) is 17.4 Å². The summed E-state index contributed by atoms with van der Waals surface area (Å²) in [6, 6.07) is 0. The molecule has 0 amide bonds. The summed E-state index contributed by atoms with van der Waals surface area (Å²) in [5, 5.41) is 9.64. The van der Waals surface area contributed by atoms with Crippen LogP contribution in [0.4, 0.5) is 0 Å². The van der Waals surface area contributed by atoms with Crippen molar-refractivity contribution < 1.29 is 5.11 Å². The van der Waals surface area contributed by atoms with Gasteiger partial charge in [0.25, 0.3) is 5.56 Å². The molecule has 1 heterocycles. The molecule has 1 fully saturated rings. The predicted molar refractivity (Wildman–Crippen MR) is 57.0 cm³/mol. The standard InChI is InChI=1S/C11H16N2O2/c1-6(2)9-10(14)12-8(13-11(9)15)5-7-3-4-7/h6-7H,3-5H2,1-2H3,(H2,12,13,14,15). The van der Waals surface area contributed by atoms with Gasteiger partial charge in [-0.1, -0.05) is 13.8 Å². The van der Waals surface area contributed by atoms with Crippen LogP contribution in [0.15, 0.2) is 4.79 Å². The highest BCUT2D eigenvalue weighted by Crippen LogP contribution is 2.32. The van der Waals surface area contributed by atoms with Gasteiger partial charge >= 0.3 is 0 Å². The fourth-order valence-electron chi connectivity index (χ4n) is 1.73. The predicted octanol–water partition coefficient (Wildman–Crippen LogP) is 1.55. The van der Waals surface area contributed by atoms with Crippen molar-refractivity contribution in [2.24, 2.45) is 5.92 Å². The lowest BCUT2D eigenvalue weighted by Crippen LogP contribution is -2.18. The maximum atomic E-state index is 11.6. The van der Waals surface area contributed by atoms with E-state index < -0.39 is 0 Å². The number of aromatic hydroxyl groups is 1. The van der Waals surface area contributed by atoms with E-state index in [2.05, 4.69) is 9.97 Å². The first-order valence-corrected chi connectivity index (χ1v) is 5.40. The highest BCUT2D eigenvalue weighted by molar-refractivity contribution is 5.25. The molecular formula is C11H16N2O2. The Labute approximate surface area is 88.4 Å². The first-order chi connectivity index (χ1) is 7.08. The molecule has 82 valence electrons. The Morgan fingerprint density at radius 2 is 2.20 bits per heavy atom. The van der Waals surface area contributed by atoms with Gasteiger partial charge in [0, 0.05) is 6.42 Å². The Hall–Kier alpha value is -1.32. The molecule has 0 aliphatic heterocycles. The fraction of sp³-hybridized carbons (Fsp3) is 0.636. The number of aromatic nitrogens is 2. The number of nitrogens with zero attached hydrogens (tertiary/aromatic N) is 1. The summed E-state index contributed by atoms with van der Waals surface area (Å²) in [7, 11) is 0. The molecule has 2 N–H and O–H groups in total. The topological polar surface area (TPSA) is 66.0 Å². The number of hydrogen-bond donors (Lipinski definition) is 2. The first-order valence-electron chi connectivity index (χ1n) is 5.40. The third-order valence-corrected chi connectivity index (χ3v) is 2.74. The van der Waals surface area contributed by atoms with Gasteiger partial charge in [-0.05, 0) is 24.7 Å². The molecule has 4 heteroatoms. The van der Waals surface area contributed by atoms with Gasteiger partial charge in [-0.25, -0.2) is 4.98 Å². The van der Waals surface area contributed by atoms with Gasteiger partial charge < -0.3 is 10.1 Å². The molecule has 1 aliphatic carbocycles. The molecular weight excluding hydrogens is 192 g/mol. The molecule has 1 aromatic rings. The molecule has 2 rings (SSSR count). The van der Waals surface area contributed by atoms with Crippen LogP contribution in [0.25, 0.3) is 0 Å². The highest BCUT2D eigenvalue weighted by Gasteiger charge is 2.23. The lowest BCUT2D eigenvalue weighted by Gasteiger charge is -2.07. The molecule has 1 aromatic heterocycles. The van der Waals surface area contributed by atoms with Crippen LogP contribution < -0.4 is 5.56 Å². The summed E-state index contributed by atoms with van der Waals surface area (Å²) in [4.78, 5) is 18.4. The van der Waals surface area contributed by atoms with Crippen molar-refractivity contribution in [3.8, 4) is 5.88 Å². The summed E-state index contributed by atoms with van der Waals surface area (Å²) >= 11 is 0. The average Bonchev–Trinajstić information content (AvgIpc) is 2.85. The van der Waals surface area contributed by atoms with Crippen LogP contribution in [0.2, 0.25) is 0 Å². The molecule has 0 bridgehead atoms. The van der Waals surface area contributed by atoms with Crippen LogP contribution in [0, 0.1) is 5.92 Å². The molecule has 0 aromatic carbocycles. The first kappa shape index (κ1) is 10.2. The van der Waals surface area contributed by atoms with E-state index >= 15 is 0 Å². The van der Waals surface area contributed by atoms with Crippen LogP contribution in [0.5, 0.6) is 5.88 Å². The van der Waals surface area contributed by atoms with E-state index in [1.54, 1.807) is 0 Å². The highest BCUT2D eigenvalue weighted by atomic mass is 16.3. The Kier molecular flexibility index (Phi) is 2.50. The van der Waals surface area contributed by atoms with Crippen LogP contribution in [0.1, 0.15) is 44.0 Å². The van der Waals surface area contributed by atoms with Gasteiger partial charge in [-0.15, -0.1) is 0 Å². The molecule has 1 aliphatic rings. The molecule has 4 nitrogen and oxygen atoms in total. The minimum absolute atomic E-state index is 0.00350. The molecule has 0 spiro atoms. The third-order valence-electron chi connectivity index (χ3n) is 2.74. The summed E-state index contributed by atoms with van der Waals surface area (Å²) < 4.78 is 0. The molecule has 0 saturated heterocycles. The zero-order valence-corrected chi connectivity index (χ0v) is 9.08. The Balaban J connectivity index is 2.33. The molecule has 0 atom stereocenters. The smallest absolute Gasteiger partial charge is 0.258 e. The van der Waals surface area contributed by atoms with E-state index in [4.69, 9.17) is 0 Å². The fourth-order valence-corrected chi connectivity index (χ4v) is 1.73. The van der Waals surface area contributed by atoms with Crippen molar-refractivity contribution in [3.63, 3.8) is 0 Å². The Morgan fingerprint density at radius 1 is 1.53 bits per heavy atom. The summed E-state index contributed by atoms with van der Waals surface area (Å²) in [5.74, 6) is 1.16. The van der Waals surface area contributed by atoms with Crippen molar-refractivity contribution in [1.82, 2.24) is 9.97 Å². The maximum absolute atomic E-state index is 11.6. The second-order valence-corrected chi connectivity index (χ2v) is 4.55. The minimum Gasteiger partial charge on any atom is -0.493 e. The number of nitrogens with one attached hydrogen (secondary N) is 1. The second-order valence-electron chi connectivity index (χ2n) is 4.55. The van der Waals surface area contributed by atoms with Crippen molar-refractivity contribution in [2.45, 2.75) is 39.0 Å². The zero-order chi connectivity index (χ0) is 11.0. The van der Waals surface area contributed by atoms with Gasteiger partial charge in [0.15, 0.2) is 0 Å². The monoisotopic (exact) mass is 208 g/mol. The SMILES string of the molecule is CC(C)c1c(O)nc(CC2CC2)[nH]c1=O. The number of aromatic amines is 1. The van der Waals surface area contributed by atoms with Crippen molar-refractivity contribution in [3.05, 3.63) is 21.7 Å². The van der Waals surface area contributed by atoms with Crippen LogP contribution in [-0.4, -0.2) is 15.1 Å². The number of hydrogen-bond acceptors (Lipinski definition) is 3. The Morgan fingerprint density at radius 3 is 2.67 bits per heavy atom. The second kappa shape index (κ2) is 3.68. The lowest BCUT2D eigenvalue weighted by atomic mass is 10.1. The number of H-pyrrole nitrogens is 1. The zero-order valence-electron chi connectivity index (χ0n) is 9.08. The van der Waals surface area contributed by atoms with Gasteiger partial charge in [-0.3, -0.25) is 4.79 Å². The normalized spacial score (nSPS) is 15.9. The van der Waals surface area contributed by atoms with E-state index in [0.29, 0.717) is 17.3 Å². The molecule has 0 radical (unpaired) electrons. The van der Waals surface area contributed by atoms with E-state index in [9.17, 15) is 9.90 Å². The van der Waals surface area contributed by atoms with Crippen molar-refractivity contribution in [1.29, 1.82) is 0 Å². The average molecular weight is 208 g/mol. The van der Waals surface area contributed by atoms with Gasteiger partial charge in [0.2, 0.25) is 5.88 Å². The molecule has 1 saturated carbocycles. The minimum atomic E-state index is -0.201. The summed E-state index contributed by atoms with van der Waals surface area (Å²) in [5.41, 5.74) is 0.183. The summed E-state index contributed by atoms with van der Waals surface area (Å²) in [6.45, 7) is 3.74. The van der Waals surface area contributed by atoms with Crippen LogP contribution >= 0.6 is 0 Å². The van der Waals surface area contributed by atoms with E-state index in [0.717, 1.165) is 6.42 Å². The number of rotatable bonds is 3. The van der Waals surface area contributed by atoms with Crippen molar-refractivity contribution >= 4 is 0 Å². The van der Waals surface area contributed by atoms with Crippen LogP contribution in [0.3, 0.4) is 0 Å². The summed E-state index contributed by atoms with van der Waals surface area (Å²) in [6.07, 6.45) is 3.19. The van der Waals surface area contributed by atoms with Crippen LogP contribution in [-0.2, 0) is 6.42 Å². The largest absolute Gasteiger partial charge is 0.493 e. The Bertz CT molecular complexity index is 419. The van der Waals surface area contributed by atoms with Gasteiger partial charge in [-0.2, -0.15) is 0 Å². The third kappa shape index (κ3) is 2.19. The lowest BCUT2D eigenvalue weighted by molar-refractivity contribution is 0.435. The van der Waals surface area contributed by atoms with Gasteiger partial charge in [0.05, 0.1) is 5.56 Å². The van der Waals surface area contributed by atoms with E-state index in [1.807, 2.05) is 13.8 Å². The maximum Gasteiger partial charge on any atom is 0.258 e. The van der Waals surface area contributed by atoms with Gasteiger partial charge in [0.1, 0.15) is 5.82 Å².